The van der Waals surface area contributed by atoms with Crippen molar-refractivity contribution in [3.63, 3.8) is 0 Å². The Bertz CT molecular complexity index is 397. The molecule has 3 aliphatic rings. The SMILES string of the molecule is CON1C(=O)N2C[C@H]1CC[C@@H]2C(=O)NC1CCNCC1. The van der Waals surface area contributed by atoms with E-state index >= 15 is 0 Å². The van der Waals surface area contributed by atoms with E-state index in [9.17, 15) is 9.59 Å². The van der Waals surface area contributed by atoms with Gasteiger partial charge in [0.25, 0.3) is 0 Å². The van der Waals surface area contributed by atoms with E-state index in [-0.39, 0.29) is 30.1 Å². The molecule has 112 valence electrons. The van der Waals surface area contributed by atoms with Crippen LogP contribution < -0.4 is 10.6 Å². The highest BCUT2D eigenvalue weighted by molar-refractivity contribution is 5.88. The van der Waals surface area contributed by atoms with E-state index in [2.05, 4.69) is 10.6 Å². The molecule has 0 saturated carbocycles. The van der Waals surface area contributed by atoms with Gasteiger partial charge in [-0.25, -0.2) is 4.79 Å². The summed E-state index contributed by atoms with van der Waals surface area (Å²) in [4.78, 5) is 31.3. The van der Waals surface area contributed by atoms with Gasteiger partial charge in [-0.1, -0.05) is 0 Å². The Morgan fingerprint density at radius 3 is 2.75 bits per heavy atom. The molecule has 2 atom stereocenters. The van der Waals surface area contributed by atoms with Gasteiger partial charge in [-0.15, -0.1) is 0 Å². The molecule has 3 rings (SSSR count). The number of nitrogens with zero attached hydrogens (tertiary/aromatic N) is 2. The zero-order chi connectivity index (χ0) is 14.1. The highest BCUT2D eigenvalue weighted by Gasteiger charge is 2.47. The molecule has 0 aliphatic carbocycles. The monoisotopic (exact) mass is 282 g/mol. The van der Waals surface area contributed by atoms with Crippen LogP contribution in [0, 0.1) is 0 Å². The van der Waals surface area contributed by atoms with Crippen molar-refractivity contribution < 1.29 is 14.4 Å². The number of carbonyl (C=O) groups excluding carboxylic acids is 2. The fourth-order valence-electron chi connectivity index (χ4n) is 3.40. The zero-order valence-corrected chi connectivity index (χ0v) is 11.8. The van der Waals surface area contributed by atoms with Crippen LogP contribution in [0.2, 0.25) is 0 Å². The first kappa shape index (κ1) is 13.6. The van der Waals surface area contributed by atoms with Crippen molar-refractivity contribution in [2.45, 2.75) is 43.8 Å². The normalized spacial score (nSPS) is 30.8. The summed E-state index contributed by atoms with van der Waals surface area (Å²) >= 11 is 0. The van der Waals surface area contributed by atoms with Crippen LogP contribution in [0.1, 0.15) is 25.7 Å². The molecule has 3 saturated heterocycles. The summed E-state index contributed by atoms with van der Waals surface area (Å²) in [6, 6.07) is -0.192. The van der Waals surface area contributed by atoms with Crippen molar-refractivity contribution in [2.24, 2.45) is 0 Å². The maximum Gasteiger partial charge on any atom is 0.345 e. The summed E-state index contributed by atoms with van der Waals surface area (Å²) in [5.74, 6) is -0.0124. The van der Waals surface area contributed by atoms with Crippen molar-refractivity contribution in [1.82, 2.24) is 20.6 Å². The van der Waals surface area contributed by atoms with Crippen molar-refractivity contribution in [2.75, 3.05) is 26.7 Å². The van der Waals surface area contributed by atoms with Crippen LogP contribution in [0.25, 0.3) is 0 Å². The largest absolute Gasteiger partial charge is 0.351 e. The standard InChI is InChI=1S/C13H22N4O3/c1-20-17-10-2-3-11(16(8-10)13(17)19)12(18)15-9-4-6-14-7-5-9/h9-11,14H,2-8H2,1H3,(H,15,18)/t10-,11-/m1/s1. The predicted molar refractivity (Wildman–Crippen MR) is 71.8 cm³/mol. The number of hydroxylamine groups is 2. The molecule has 0 radical (unpaired) electrons. The lowest BCUT2D eigenvalue weighted by Gasteiger charge is -2.32. The number of hydrogen-bond acceptors (Lipinski definition) is 4. The molecule has 7 heteroatoms. The Balaban J connectivity index is 1.62. The Labute approximate surface area is 118 Å². The average molecular weight is 282 g/mol. The van der Waals surface area contributed by atoms with Gasteiger partial charge in [0, 0.05) is 12.6 Å². The summed E-state index contributed by atoms with van der Waals surface area (Å²) in [5.41, 5.74) is 0. The highest BCUT2D eigenvalue weighted by atomic mass is 16.7. The Hall–Kier alpha value is -1.34. The van der Waals surface area contributed by atoms with Gasteiger partial charge < -0.3 is 15.5 Å². The molecule has 0 unspecified atom stereocenters. The first-order chi connectivity index (χ1) is 9.70. The first-order valence-corrected chi connectivity index (χ1v) is 7.35. The van der Waals surface area contributed by atoms with Crippen LogP contribution in [-0.4, -0.2) is 66.8 Å². The number of urea groups is 1. The molecule has 20 heavy (non-hydrogen) atoms. The summed E-state index contributed by atoms with van der Waals surface area (Å²) in [5, 5.41) is 7.77. The van der Waals surface area contributed by atoms with Gasteiger partial charge in [0.15, 0.2) is 0 Å². The van der Waals surface area contributed by atoms with Gasteiger partial charge in [0.1, 0.15) is 6.04 Å². The molecule has 0 aromatic carbocycles. The van der Waals surface area contributed by atoms with Gasteiger partial charge in [0.2, 0.25) is 5.91 Å². The Kier molecular flexibility index (Phi) is 3.80. The molecular formula is C13H22N4O3. The van der Waals surface area contributed by atoms with E-state index in [1.54, 1.807) is 4.90 Å². The lowest BCUT2D eigenvalue weighted by atomic mass is 9.99. The average Bonchev–Trinajstić information content (AvgIpc) is 2.71. The summed E-state index contributed by atoms with van der Waals surface area (Å²) in [6.45, 7) is 2.48. The molecule has 2 bridgehead atoms. The molecular weight excluding hydrogens is 260 g/mol. The van der Waals surface area contributed by atoms with Crippen LogP contribution in [0.3, 0.4) is 0 Å². The topological polar surface area (TPSA) is 73.9 Å². The summed E-state index contributed by atoms with van der Waals surface area (Å²) in [6.07, 6.45) is 3.45. The minimum absolute atomic E-state index is 0.0124. The molecule has 2 N–H and O–H groups in total. The lowest BCUT2D eigenvalue weighted by Crippen LogP contribution is -2.53. The van der Waals surface area contributed by atoms with Gasteiger partial charge >= 0.3 is 6.03 Å². The van der Waals surface area contributed by atoms with E-state index < -0.39 is 0 Å². The Morgan fingerprint density at radius 1 is 1.30 bits per heavy atom. The van der Waals surface area contributed by atoms with Gasteiger partial charge in [0.05, 0.1) is 13.2 Å². The quantitative estimate of drug-likeness (QED) is 0.744. The molecule has 3 aliphatic heterocycles. The summed E-state index contributed by atoms with van der Waals surface area (Å²) < 4.78 is 0. The number of fused-ring (bicyclic) bond motifs is 2. The maximum atomic E-state index is 12.4. The number of amides is 3. The number of hydrogen-bond donors (Lipinski definition) is 2. The second kappa shape index (κ2) is 5.57. The summed E-state index contributed by atoms with van der Waals surface area (Å²) in [7, 11) is 1.50. The van der Waals surface area contributed by atoms with Gasteiger partial charge in [-0.05, 0) is 38.8 Å². The van der Waals surface area contributed by atoms with Crippen LogP contribution >= 0.6 is 0 Å². The van der Waals surface area contributed by atoms with Crippen molar-refractivity contribution in [3.05, 3.63) is 0 Å². The number of piperidine rings is 2. The van der Waals surface area contributed by atoms with Crippen LogP contribution in [0.5, 0.6) is 0 Å². The number of rotatable bonds is 3. The van der Waals surface area contributed by atoms with Crippen LogP contribution in [-0.2, 0) is 9.63 Å². The van der Waals surface area contributed by atoms with E-state index in [1.165, 1.54) is 12.2 Å². The van der Waals surface area contributed by atoms with E-state index in [0.29, 0.717) is 13.0 Å². The molecule has 7 nitrogen and oxygen atoms in total. The van der Waals surface area contributed by atoms with Crippen molar-refractivity contribution in [1.29, 1.82) is 0 Å². The van der Waals surface area contributed by atoms with Crippen LogP contribution in [0.15, 0.2) is 0 Å². The fraction of sp³-hybridized carbons (Fsp3) is 0.846. The molecule has 0 spiro atoms. The fourth-order valence-corrected chi connectivity index (χ4v) is 3.40. The minimum atomic E-state index is -0.339. The third-order valence-electron chi connectivity index (χ3n) is 4.51. The van der Waals surface area contributed by atoms with Gasteiger partial charge in [-0.2, -0.15) is 5.06 Å². The number of carbonyl (C=O) groups is 2. The van der Waals surface area contributed by atoms with Crippen molar-refractivity contribution in [3.8, 4) is 0 Å². The lowest BCUT2D eigenvalue weighted by molar-refractivity contribution is -0.127. The van der Waals surface area contributed by atoms with Crippen molar-refractivity contribution >= 4 is 11.9 Å². The molecule has 3 amide bonds. The minimum Gasteiger partial charge on any atom is -0.351 e. The maximum absolute atomic E-state index is 12.4. The predicted octanol–water partition coefficient (Wildman–Crippen LogP) is -0.315. The molecule has 3 heterocycles. The zero-order valence-electron chi connectivity index (χ0n) is 11.8. The van der Waals surface area contributed by atoms with Crippen LogP contribution in [0.4, 0.5) is 4.79 Å². The second-order valence-electron chi connectivity index (χ2n) is 5.72. The van der Waals surface area contributed by atoms with E-state index in [0.717, 1.165) is 32.4 Å². The first-order valence-electron chi connectivity index (χ1n) is 7.35. The third-order valence-corrected chi connectivity index (χ3v) is 4.51. The molecule has 3 fully saturated rings. The highest BCUT2D eigenvalue weighted by Crippen LogP contribution is 2.29. The van der Waals surface area contributed by atoms with Gasteiger partial charge in [-0.3, -0.25) is 9.63 Å². The Morgan fingerprint density at radius 2 is 2.05 bits per heavy atom. The smallest absolute Gasteiger partial charge is 0.345 e. The third kappa shape index (κ3) is 2.35. The molecule has 0 aromatic rings. The van der Waals surface area contributed by atoms with E-state index in [1.807, 2.05) is 0 Å². The second-order valence-corrected chi connectivity index (χ2v) is 5.72. The molecule has 0 aromatic heterocycles. The number of nitrogens with one attached hydrogen (secondary N) is 2. The van der Waals surface area contributed by atoms with E-state index in [4.69, 9.17) is 4.84 Å².